The van der Waals surface area contributed by atoms with Crippen molar-refractivity contribution < 1.29 is 0 Å². The average Bonchev–Trinajstić information content (AvgIpc) is 2.77. The lowest BCUT2D eigenvalue weighted by Crippen LogP contribution is -2.36. The summed E-state index contributed by atoms with van der Waals surface area (Å²) in [7, 11) is 0. The molecule has 1 aliphatic rings. The Bertz CT molecular complexity index is 388. The molecule has 0 aliphatic carbocycles. The molecule has 92 valence electrons. The quantitative estimate of drug-likeness (QED) is 0.834. The molecule has 1 aliphatic heterocycles. The maximum atomic E-state index is 5.83. The molecule has 0 atom stereocenters. The number of nitrogens with one attached hydrogen (secondary N) is 1. The predicted molar refractivity (Wildman–Crippen MR) is 72.9 cm³/mol. The van der Waals surface area contributed by atoms with Crippen molar-refractivity contribution in [3.05, 3.63) is 29.3 Å². The van der Waals surface area contributed by atoms with Gasteiger partial charge in [0, 0.05) is 30.3 Å². The lowest BCUT2D eigenvalue weighted by atomic mass is 10.3. The molecule has 1 heterocycles. The zero-order valence-electron chi connectivity index (χ0n) is 9.69. The van der Waals surface area contributed by atoms with Crippen molar-refractivity contribution in [1.29, 1.82) is 0 Å². The van der Waals surface area contributed by atoms with Crippen LogP contribution in [0, 0.1) is 0 Å². The average molecular weight is 253 g/mol. The Morgan fingerprint density at radius 1 is 1.35 bits per heavy atom. The van der Waals surface area contributed by atoms with Crippen LogP contribution >= 0.6 is 11.6 Å². The van der Waals surface area contributed by atoms with E-state index in [1.165, 1.54) is 0 Å². The van der Waals surface area contributed by atoms with Gasteiger partial charge in [-0.1, -0.05) is 11.6 Å². The van der Waals surface area contributed by atoms with E-state index in [-0.39, 0.29) is 0 Å². The van der Waals surface area contributed by atoms with Gasteiger partial charge in [0.1, 0.15) is 5.84 Å². The molecular formula is C12H17ClN4. The fourth-order valence-corrected chi connectivity index (χ4v) is 1.97. The van der Waals surface area contributed by atoms with Crippen LogP contribution in [0.5, 0.6) is 0 Å². The smallest absolute Gasteiger partial charge is 0.119 e. The minimum absolute atomic E-state index is 0.667. The lowest BCUT2D eigenvalue weighted by molar-refractivity contribution is 0.464. The highest BCUT2D eigenvalue weighted by Gasteiger charge is 2.14. The Balaban J connectivity index is 1.87. The molecule has 5 heteroatoms. The SMILES string of the molecule is NCCN1CCN=C1CNc1ccc(Cl)cc1. The summed E-state index contributed by atoms with van der Waals surface area (Å²) >= 11 is 5.83. The van der Waals surface area contributed by atoms with Gasteiger partial charge in [-0.2, -0.15) is 0 Å². The number of halogens is 1. The second kappa shape index (κ2) is 5.89. The molecule has 1 aromatic carbocycles. The number of nitrogens with two attached hydrogens (primary N) is 1. The van der Waals surface area contributed by atoms with Crippen molar-refractivity contribution in [2.75, 3.05) is 38.0 Å². The van der Waals surface area contributed by atoms with E-state index < -0.39 is 0 Å². The molecule has 0 unspecified atom stereocenters. The first-order valence-corrected chi connectivity index (χ1v) is 6.15. The number of rotatable bonds is 5. The Morgan fingerprint density at radius 2 is 2.12 bits per heavy atom. The number of hydrogen-bond acceptors (Lipinski definition) is 4. The first kappa shape index (κ1) is 12.2. The van der Waals surface area contributed by atoms with Gasteiger partial charge in [-0.05, 0) is 24.3 Å². The number of anilines is 1. The van der Waals surface area contributed by atoms with Gasteiger partial charge >= 0.3 is 0 Å². The molecule has 0 bridgehead atoms. The van der Waals surface area contributed by atoms with Crippen molar-refractivity contribution in [1.82, 2.24) is 4.90 Å². The normalized spacial score (nSPS) is 14.9. The summed E-state index contributed by atoms with van der Waals surface area (Å²) in [5.74, 6) is 1.09. The summed E-state index contributed by atoms with van der Waals surface area (Å²) in [4.78, 5) is 6.69. The van der Waals surface area contributed by atoms with E-state index in [2.05, 4.69) is 15.2 Å². The largest absolute Gasteiger partial charge is 0.378 e. The van der Waals surface area contributed by atoms with Crippen molar-refractivity contribution in [2.45, 2.75) is 0 Å². The number of benzene rings is 1. The van der Waals surface area contributed by atoms with Gasteiger partial charge in [-0.3, -0.25) is 4.99 Å². The fraction of sp³-hybridized carbons (Fsp3) is 0.417. The van der Waals surface area contributed by atoms with Gasteiger partial charge in [0.05, 0.1) is 13.1 Å². The van der Waals surface area contributed by atoms with Crippen LogP contribution in [0.4, 0.5) is 5.69 Å². The molecular weight excluding hydrogens is 236 g/mol. The molecule has 0 saturated carbocycles. The van der Waals surface area contributed by atoms with E-state index in [9.17, 15) is 0 Å². The van der Waals surface area contributed by atoms with Crippen LogP contribution in [0.1, 0.15) is 0 Å². The Kier molecular flexibility index (Phi) is 4.23. The first-order valence-electron chi connectivity index (χ1n) is 5.77. The molecule has 0 fully saturated rings. The molecule has 3 N–H and O–H groups in total. The van der Waals surface area contributed by atoms with Crippen LogP contribution in [0.2, 0.25) is 5.02 Å². The van der Waals surface area contributed by atoms with E-state index in [1.54, 1.807) is 0 Å². The van der Waals surface area contributed by atoms with Crippen molar-refractivity contribution in [3.8, 4) is 0 Å². The summed E-state index contributed by atoms with van der Waals surface area (Å²) in [6.07, 6.45) is 0. The van der Waals surface area contributed by atoms with Crippen LogP contribution in [0.25, 0.3) is 0 Å². The number of aliphatic imine (C=N–C) groups is 1. The van der Waals surface area contributed by atoms with Gasteiger partial charge < -0.3 is 16.0 Å². The molecule has 0 saturated heterocycles. The van der Waals surface area contributed by atoms with E-state index in [1.807, 2.05) is 24.3 Å². The Hall–Kier alpha value is -1.26. The van der Waals surface area contributed by atoms with Gasteiger partial charge in [-0.25, -0.2) is 0 Å². The summed E-state index contributed by atoms with van der Waals surface area (Å²) in [6.45, 7) is 4.13. The van der Waals surface area contributed by atoms with E-state index in [0.717, 1.165) is 42.7 Å². The lowest BCUT2D eigenvalue weighted by Gasteiger charge is -2.19. The summed E-state index contributed by atoms with van der Waals surface area (Å²) in [6, 6.07) is 7.67. The van der Waals surface area contributed by atoms with Gasteiger partial charge in [0.15, 0.2) is 0 Å². The van der Waals surface area contributed by atoms with Crippen molar-refractivity contribution >= 4 is 23.1 Å². The zero-order valence-corrected chi connectivity index (χ0v) is 10.5. The maximum Gasteiger partial charge on any atom is 0.119 e. The summed E-state index contributed by atoms with van der Waals surface area (Å²) in [5.41, 5.74) is 6.62. The van der Waals surface area contributed by atoms with Crippen LogP contribution in [-0.2, 0) is 0 Å². The van der Waals surface area contributed by atoms with Gasteiger partial charge in [-0.15, -0.1) is 0 Å². The zero-order chi connectivity index (χ0) is 12.1. The van der Waals surface area contributed by atoms with E-state index in [0.29, 0.717) is 6.54 Å². The van der Waals surface area contributed by atoms with Crippen LogP contribution in [0.3, 0.4) is 0 Å². The number of hydrogen-bond donors (Lipinski definition) is 2. The topological polar surface area (TPSA) is 53.6 Å². The molecule has 2 rings (SSSR count). The molecule has 17 heavy (non-hydrogen) atoms. The minimum atomic E-state index is 0.667. The Morgan fingerprint density at radius 3 is 2.82 bits per heavy atom. The molecule has 1 aromatic rings. The van der Waals surface area contributed by atoms with Crippen LogP contribution in [0.15, 0.2) is 29.3 Å². The molecule has 0 amide bonds. The third-order valence-corrected chi connectivity index (χ3v) is 2.98. The van der Waals surface area contributed by atoms with Crippen LogP contribution < -0.4 is 11.1 Å². The van der Waals surface area contributed by atoms with Crippen molar-refractivity contribution in [3.63, 3.8) is 0 Å². The molecule has 0 aromatic heterocycles. The second-order valence-corrected chi connectivity index (χ2v) is 4.37. The van der Waals surface area contributed by atoms with E-state index >= 15 is 0 Å². The highest BCUT2D eigenvalue weighted by Crippen LogP contribution is 2.13. The number of nitrogens with zero attached hydrogens (tertiary/aromatic N) is 2. The summed E-state index contributed by atoms with van der Waals surface area (Å²) in [5, 5.41) is 4.08. The Labute approximate surface area is 106 Å². The third-order valence-electron chi connectivity index (χ3n) is 2.72. The van der Waals surface area contributed by atoms with Crippen molar-refractivity contribution in [2.24, 2.45) is 10.7 Å². The van der Waals surface area contributed by atoms with Gasteiger partial charge in [0.2, 0.25) is 0 Å². The monoisotopic (exact) mass is 252 g/mol. The predicted octanol–water partition coefficient (Wildman–Crippen LogP) is 1.42. The summed E-state index contributed by atoms with van der Waals surface area (Å²) < 4.78 is 0. The number of amidine groups is 1. The van der Waals surface area contributed by atoms with E-state index in [4.69, 9.17) is 17.3 Å². The standard InChI is InChI=1S/C12H17ClN4/c13-10-1-3-11(4-2-10)16-9-12-15-6-8-17(12)7-5-14/h1-4,16H,5-9,14H2. The molecule has 0 radical (unpaired) electrons. The highest BCUT2D eigenvalue weighted by molar-refractivity contribution is 6.30. The first-order chi connectivity index (χ1) is 8.29. The van der Waals surface area contributed by atoms with Gasteiger partial charge in [0.25, 0.3) is 0 Å². The van der Waals surface area contributed by atoms with Crippen LogP contribution in [-0.4, -0.2) is 43.5 Å². The maximum absolute atomic E-state index is 5.83. The highest BCUT2D eigenvalue weighted by atomic mass is 35.5. The second-order valence-electron chi connectivity index (χ2n) is 3.93. The minimum Gasteiger partial charge on any atom is -0.378 e. The fourth-order valence-electron chi connectivity index (χ4n) is 1.84. The molecule has 4 nitrogen and oxygen atoms in total. The molecule has 0 spiro atoms. The third kappa shape index (κ3) is 3.35.